The van der Waals surface area contributed by atoms with Gasteiger partial charge in [-0.3, -0.25) is 4.90 Å². The molecule has 1 aromatic rings. The van der Waals surface area contributed by atoms with Crippen molar-refractivity contribution in [2.75, 3.05) is 13.1 Å². The highest BCUT2D eigenvalue weighted by Gasteiger charge is 2.31. The lowest BCUT2D eigenvalue weighted by Gasteiger charge is -2.25. The first-order valence-electron chi connectivity index (χ1n) is 7.03. The second-order valence-corrected chi connectivity index (χ2v) is 6.50. The zero-order valence-electron chi connectivity index (χ0n) is 10.7. The summed E-state index contributed by atoms with van der Waals surface area (Å²) in [5.41, 5.74) is 1.43. The monoisotopic (exact) mass is 308 g/mol. The van der Waals surface area contributed by atoms with Crippen LogP contribution in [0.15, 0.2) is 28.7 Å². The van der Waals surface area contributed by atoms with Gasteiger partial charge < -0.3 is 5.32 Å². The van der Waals surface area contributed by atoms with E-state index in [2.05, 4.69) is 50.4 Å². The predicted octanol–water partition coefficient (Wildman–Crippen LogP) is 3.17. The molecule has 1 heterocycles. The van der Waals surface area contributed by atoms with Crippen LogP contribution in [0.4, 0.5) is 0 Å². The fourth-order valence-electron chi connectivity index (χ4n) is 2.85. The van der Waals surface area contributed by atoms with E-state index in [1.807, 2.05) is 0 Å². The van der Waals surface area contributed by atoms with Gasteiger partial charge in [-0.25, -0.2) is 0 Å². The fourth-order valence-corrected chi connectivity index (χ4v) is 3.29. The van der Waals surface area contributed by atoms with Crippen LogP contribution in [0.3, 0.4) is 0 Å². The number of hydrogen-bond acceptors (Lipinski definition) is 2. The summed E-state index contributed by atoms with van der Waals surface area (Å²) >= 11 is 3.56. The molecule has 2 aliphatic rings. The third-order valence-corrected chi connectivity index (χ3v) is 4.45. The third-order valence-electron chi connectivity index (χ3n) is 3.96. The molecule has 1 aliphatic heterocycles. The molecule has 2 fully saturated rings. The quantitative estimate of drug-likeness (QED) is 0.899. The van der Waals surface area contributed by atoms with E-state index in [9.17, 15) is 0 Å². The topological polar surface area (TPSA) is 15.3 Å². The standard InChI is InChI=1S/C15H21BrN2/c16-13-4-1-3-12(9-13)10-18(15-6-7-15)11-14-5-2-8-17-14/h1,3-4,9,14-15,17H,2,5-8,10-11H2. The Kier molecular flexibility index (Phi) is 4.02. The molecule has 0 bridgehead atoms. The smallest absolute Gasteiger partial charge is 0.0237 e. The number of nitrogens with one attached hydrogen (secondary N) is 1. The first-order valence-corrected chi connectivity index (χ1v) is 7.82. The number of benzene rings is 1. The molecule has 1 aliphatic carbocycles. The molecule has 1 N–H and O–H groups in total. The molecule has 0 aromatic heterocycles. The zero-order valence-corrected chi connectivity index (χ0v) is 12.3. The van der Waals surface area contributed by atoms with Crippen molar-refractivity contribution in [3.63, 3.8) is 0 Å². The van der Waals surface area contributed by atoms with E-state index in [1.165, 1.54) is 48.8 Å². The minimum atomic E-state index is 0.720. The third kappa shape index (κ3) is 3.34. The second kappa shape index (κ2) is 5.72. The van der Waals surface area contributed by atoms with Crippen molar-refractivity contribution in [1.82, 2.24) is 10.2 Å². The van der Waals surface area contributed by atoms with E-state index in [0.717, 1.165) is 18.6 Å². The fraction of sp³-hybridized carbons (Fsp3) is 0.600. The van der Waals surface area contributed by atoms with E-state index < -0.39 is 0 Å². The lowest BCUT2D eigenvalue weighted by atomic mass is 10.1. The van der Waals surface area contributed by atoms with Crippen LogP contribution in [0.5, 0.6) is 0 Å². The van der Waals surface area contributed by atoms with Gasteiger partial charge in [-0.15, -0.1) is 0 Å². The van der Waals surface area contributed by atoms with Crippen LogP contribution in [-0.2, 0) is 6.54 Å². The molecule has 3 rings (SSSR count). The first-order chi connectivity index (χ1) is 8.81. The first kappa shape index (κ1) is 12.6. The molecule has 0 spiro atoms. The normalized spacial score (nSPS) is 23.8. The maximum absolute atomic E-state index is 3.62. The summed E-state index contributed by atoms with van der Waals surface area (Å²) in [6.07, 6.45) is 5.48. The second-order valence-electron chi connectivity index (χ2n) is 5.58. The molecule has 3 heteroatoms. The van der Waals surface area contributed by atoms with Gasteiger partial charge in [0.2, 0.25) is 0 Å². The molecule has 0 radical (unpaired) electrons. The van der Waals surface area contributed by atoms with E-state index in [1.54, 1.807) is 0 Å². The lowest BCUT2D eigenvalue weighted by Crippen LogP contribution is -2.38. The summed E-state index contributed by atoms with van der Waals surface area (Å²) in [5, 5.41) is 3.62. The molecule has 1 atom stereocenters. The summed E-state index contributed by atoms with van der Waals surface area (Å²) in [7, 11) is 0. The van der Waals surface area contributed by atoms with Gasteiger partial charge in [0.15, 0.2) is 0 Å². The van der Waals surface area contributed by atoms with Crippen LogP contribution in [0.2, 0.25) is 0 Å². The lowest BCUT2D eigenvalue weighted by molar-refractivity contribution is 0.231. The largest absolute Gasteiger partial charge is 0.313 e. The number of rotatable bonds is 5. The highest BCUT2D eigenvalue weighted by molar-refractivity contribution is 9.10. The Labute approximate surface area is 118 Å². The highest BCUT2D eigenvalue weighted by Crippen LogP contribution is 2.29. The van der Waals surface area contributed by atoms with Crippen molar-refractivity contribution in [2.24, 2.45) is 0 Å². The van der Waals surface area contributed by atoms with Gasteiger partial charge in [0.25, 0.3) is 0 Å². The van der Waals surface area contributed by atoms with Crippen LogP contribution >= 0.6 is 15.9 Å². The minimum Gasteiger partial charge on any atom is -0.313 e. The van der Waals surface area contributed by atoms with Crippen molar-refractivity contribution in [1.29, 1.82) is 0 Å². The molecule has 98 valence electrons. The SMILES string of the molecule is Brc1cccc(CN(CC2CCCN2)C2CC2)c1. The Morgan fingerprint density at radius 2 is 2.17 bits per heavy atom. The number of halogens is 1. The molecule has 1 saturated carbocycles. The predicted molar refractivity (Wildman–Crippen MR) is 78.6 cm³/mol. The van der Waals surface area contributed by atoms with Gasteiger partial charge in [0.05, 0.1) is 0 Å². The van der Waals surface area contributed by atoms with Crippen LogP contribution in [0.1, 0.15) is 31.2 Å². The van der Waals surface area contributed by atoms with Gasteiger partial charge in [-0.05, 0) is 49.9 Å². The Hall–Kier alpha value is -0.380. The van der Waals surface area contributed by atoms with Gasteiger partial charge in [-0.2, -0.15) is 0 Å². The summed E-state index contributed by atoms with van der Waals surface area (Å²) in [6.45, 7) is 3.53. The average Bonchev–Trinajstić information content (AvgIpc) is 3.08. The van der Waals surface area contributed by atoms with Crippen molar-refractivity contribution < 1.29 is 0 Å². The van der Waals surface area contributed by atoms with Crippen LogP contribution in [0.25, 0.3) is 0 Å². The molecular formula is C15H21BrN2. The Morgan fingerprint density at radius 3 is 2.83 bits per heavy atom. The highest BCUT2D eigenvalue weighted by atomic mass is 79.9. The molecule has 1 saturated heterocycles. The Balaban J connectivity index is 1.62. The van der Waals surface area contributed by atoms with Crippen LogP contribution in [-0.4, -0.2) is 30.1 Å². The van der Waals surface area contributed by atoms with Crippen LogP contribution in [0, 0.1) is 0 Å². The maximum Gasteiger partial charge on any atom is 0.0237 e. The average molecular weight is 309 g/mol. The minimum absolute atomic E-state index is 0.720. The van der Waals surface area contributed by atoms with E-state index in [-0.39, 0.29) is 0 Å². The van der Waals surface area contributed by atoms with Crippen molar-refractivity contribution in [3.8, 4) is 0 Å². The molecule has 1 aromatic carbocycles. The maximum atomic E-state index is 3.62. The van der Waals surface area contributed by atoms with E-state index in [4.69, 9.17) is 0 Å². The van der Waals surface area contributed by atoms with E-state index >= 15 is 0 Å². The summed E-state index contributed by atoms with van der Waals surface area (Å²) < 4.78 is 1.19. The molecular weight excluding hydrogens is 288 g/mol. The Morgan fingerprint density at radius 1 is 1.28 bits per heavy atom. The summed E-state index contributed by atoms with van der Waals surface area (Å²) in [6, 6.07) is 10.3. The van der Waals surface area contributed by atoms with Crippen molar-refractivity contribution >= 4 is 15.9 Å². The van der Waals surface area contributed by atoms with Crippen molar-refractivity contribution in [3.05, 3.63) is 34.3 Å². The molecule has 1 unspecified atom stereocenters. The van der Waals surface area contributed by atoms with Gasteiger partial charge in [0, 0.05) is 29.6 Å². The Bertz CT molecular complexity index is 397. The van der Waals surface area contributed by atoms with Gasteiger partial charge in [0.1, 0.15) is 0 Å². The number of nitrogens with zero attached hydrogens (tertiary/aromatic N) is 1. The van der Waals surface area contributed by atoms with E-state index in [0.29, 0.717) is 0 Å². The summed E-state index contributed by atoms with van der Waals surface area (Å²) in [4.78, 5) is 2.67. The van der Waals surface area contributed by atoms with Crippen molar-refractivity contribution in [2.45, 2.75) is 44.3 Å². The summed E-state index contributed by atoms with van der Waals surface area (Å²) in [5.74, 6) is 0. The van der Waals surface area contributed by atoms with Crippen LogP contribution < -0.4 is 5.32 Å². The van der Waals surface area contributed by atoms with Gasteiger partial charge in [-0.1, -0.05) is 28.1 Å². The zero-order chi connectivity index (χ0) is 12.4. The van der Waals surface area contributed by atoms with Gasteiger partial charge >= 0.3 is 0 Å². The molecule has 18 heavy (non-hydrogen) atoms. The number of hydrogen-bond donors (Lipinski definition) is 1. The molecule has 0 amide bonds. The molecule has 2 nitrogen and oxygen atoms in total.